The van der Waals surface area contributed by atoms with Crippen molar-refractivity contribution < 1.29 is 23.5 Å². The van der Waals surface area contributed by atoms with Gasteiger partial charge in [0.05, 0.1) is 12.3 Å². The first-order chi connectivity index (χ1) is 13.3. The molecule has 0 radical (unpaired) electrons. The molecule has 1 aliphatic heterocycles. The molecule has 0 aromatic heterocycles. The van der Waals surface area contributed by atoms with E-state index in [2.05, 4.69) is 5.32 Å². The zero-order chi connectivity index (χ0) is 20.3. The molecular formula is C21H19FN2O4. The molecule has 2 aromatic carbocycles. The fourth-order valence-corrected chi connectivity index (χ4v) is 2.57. The smallest absolute Gasteiger partial charge is 0.335 e. The molecule has 28 heavy (non-hydrogen) atoms. The summed E-state index contributed by atoms with van der Waals surface area (Å²) in [5.74, 6) is -0.993. The van der Waals surface area contributed by atoms with Gasteiger partial charge in [-0.2, -0.15) is 0 Å². The Labute approximate surface area is 161 Å². The number of hydrogen-bond donors (Lipinski definition) is 1. The second kappa shape index (κ2) is 8.04. The molecule has 0 spiro atoms. The normalized spacial score (nSPS) is 15.9. The summed E-state index contributed by atoms with van der Waals surface area (Å²) in [5.41, 5.74) is 0.573. The molecule has 1 fully saturated rings. The molecular weight excluding hydrogens is 363 g/mol. The highest BCUT2D eigenvalue weighted by molar-refractivity contribution is 6.39. The van der Waals surface area contributed by atoms with E-state index in [4.69, 9.17) is 4.74 Å². The van der Waals surface area contributed by atoms with E-state index in [-0.39, 0.29) is 11.3 Å². The minimum Gasteiger partial charge on any atom is -0.493 e. The Morgan fingerprint density at radius 1 is 1.04 bits per heavy atom. The van der Waals surface area contributed by atoms with Gasteiger partial charge in [0.15, 0.2) is 0 Å². The van der Waals surface area contributed by atoms with Crippen LogP contribution in [0.5, 0.6) is 5.75 Å². The number of barbiturate groups is 1. The fraction of sp³-hybridized carbons (Fsp3) is 0.190. The van der Waals surface area contributed by atoms with Crippen LogP contribution in [-0.4, -0.2) is 24.5 Å². The van der Waals surface area contributed by atoms with Crippen LogP contribution in [0, 0.1) is 11.7 Å². The first kappa shape index (κ1) is 19.3. The quantitative estimate of drug-likeness (QED) is 0.634. The van der Waals surface area contributed by atoms with Crippen LogP contribution in [-0.2, 0) is 9.59 Å². The Hall–Kier alpha value is -3.48. The van der Waals surface area contributed by atoms with Gasteiger partial charge in [0, 0.05) is 0 Å². The molecule has 1 heterocycles. The molecule has 0 unspecified atom stereocenters. The van der Waals surface area contributed by atoms with Gasteiger partial charge in [-0.1, -0.05) is 26.0 Å². The van der Waals surface area contributed by atoms with Crippen LogP contribution in [0.25, 0.3) is 6.08 Å². The number of hydrogen-bond acceptors (Lipinski definition) is 4. The number of benzene rings is 2. The van der Waals surface area contributed by atoms with Crippen molar-refractivity contribution in [1.29, 1.82) is 0 Å². The third kappa shape index (κ3) is 4.25. The summed E-state index contributed by atoms with van der Waals surface area (Å²) >= 11 is 0. The Balaban J connectivity index is 1.85. The number of nitrogens with one attached hydrogen (secondary N) is 1. The lowest BCUT2D eigenvalue weighted by Crippen LogP contribution is -2.54. The van der Waals surface area contributed by atoms with Crippen LogP contribution in [0.4, 0.5) is 14.9 Å². The number of amides is 4. The van der Waals surface area contributed by atoms with Crippen molar-refractivity contribution in [3.8, 4) is 5.75 Å². The predicted molar refractivity (Wildman–Crippen MR) is 102 cm³/mol. The van der Waals surface area contributed by atoms with Crippen molar-refractivity contribution in [3.63, 3.8) is 0 Å². The van der Waals surface area contributed by atoms with E-state index in [9.17, 15) is 18.8 Å². The molecule has 7 heteroatoms. The van der Waals surface area contributed by atoms with Crippen molar-refractivity contribution in [3.05, 3.63) is 65.5 Å². The van der Waals surface area contributed by atoms with E-state index in [1.807, 2.05) is 13.8 Å². The molecule has 0 bridgehead atoms. The SMILES string of the molecule is CC(C)COc1ccc(/C=C2\C(=O)NC(=O)N(c3ccc(F)cc3)C2=O)cc1. The Bertz CT molecular complexity index is 934. The van der Waals surface area contributed by atoms with Gasteiger partial charge < -0.3 is 4.74 Å². The molecule has 0 saturated carbocycles. The molecule has 1 N–H and O–H groups in total. The van der Waals surface area contributed by atoms with Crippen molar-refractivity contribution in [2.45, 2.75) is 13.8 Å². The van der Waals surface area contributed by atoms with Gasteiger partial charge in [-0.05, 0) is 54.0 Å². The van der Waals surface area contributed by atoms with Gasteiger partial charge in [0.1, 0.15) is 17.1 Å². The van der Waals surface area contributed by atoms with E-state index in [1.54, 1.807) is 24.3 Å². The molecule has 1 saturated heterocycles. The topological polar surface area (TPSA) is 75.7 Å². The summed E-state index contributed by atoms with van der Waals surface area (Å²) in [6.07, 6.45) is 1.40. The standard InChI is InChI=1S/C21H19FN2O4/c1-13(2)12-28-17-9-3-14(4-10-17)11-18-19(25)23-21(27)24(20(18)26)16-7-5-15(22)6-8-16/h3-11,13H,12H2,1-2H3,(H,23,25,27)/b18-11+. The highest BCUT2D eigenvalue weighted by Gasteiger charge is 2.36. The van der Waals surface area contributed by atoms with Gasteiger partial charge >= 0.3 is 6.03 Å². The number of carbonyl (C=O) groups is 3. The summed E-state index contributed by atoms with van der Waals surface area (Å²) in [6, 6.07) is 10.9. The second-order valence-electron chi connectivity index (χ2n) is 6.71. The number of carbonyl (C=O) groups excluding carboxylic acids is 3. The second-order valence-corrected chi connectivity index (χ2v) is 6.71. The van der Waals surface area contributed by atoms with E-state index in [0.717, 1.165) is 17.0 Å². The molecule has 2 aromatic rings. The van der Waals surface area contributed by atoms with E-state index >= 15 is 0 Å². The first-order valence-corrected chi connectivity index (χ1v) is 8.75. The van der Waals surface area contributed by atoms with Gasteiger partial charge in [-0.25, -0.2) is 14.1 Å². The number of halogens is 1. The van der Waals surface area contributed by atoms with Crippen LogP contribution in [0.15, 0.2) is 54.1 Å². The van der Waals surface area contributed by atoms with Crippen LogP contribution < -0.4 is 15.0 Å². The summed E-state index contributed by atoms with van der Waals surface area (Å²) < 4.78 is 18.7. The van der Waals surface area contributed by atoms with Crippen molar-refractivity contribution in [2.75, 3.05) is 11.5 Å². The number of nitrogens with zero attached hydrogens (tertiary/aromatic N) is 1. The van der Waals surface area contributed by atoms with E-state index in [0.29, 0.717) is 23.8 Å². The maximum Gasteiger partial charge on any atom is 0.335 e. The van der Waals surface area contributed by atoms with Crippen LogP contribution in [0.3, 0.4) is 0 Å². The van der Waals surface area contributed by atoms with Gasteiger partial charge in [0.2, 0.25) is 0 Å². The average Bonchev–Trinajstić information content (AvgIpc) is 2.66. The molecule has 144 valence electrons. The minimum absolute atomic E-state index is 0.166. The molecule has 0 aliphatic carbocycles. The third-order valence-electron chi connectivity index (χ3n) is 3.96. The maximum absolute atomic E-state index is 13.1. The molecule has 6 nitrogen and oxygen atoms in total. The van der Waals surface area contributed by atoms with Crippen LogP contribution in [0.2, 0.25) is 0 Å². The minimum atomic E-state index is -0.879. The lowest BCUT2D eigenvalue weighted by atomic mass is 10.1. The fourth-order valence-electron chi connectivity index (χ4n) is 2.57. The Morgan fingerprint density at radius 3 is 2.29 bits per heavy atom. The summed E-state index contributed by atoms with van der Waals surface area (Å²) in [5, 5.41) is 2.13. The maximum atomic E-state index is 13.1. The molecule has 0 atom stereocenters. The Kier molecular flexibility index (Phi) is 5.54. The lowest BCUT2D eigenvalue weighted by molar-refractivity contribution is -0.122. The number of rotatable bonds is 5. The van der Waals surface area contributed by atoms with E-state index < -0.39 is 23.7 Å². The monoisotopic (exact) mass is 382 g/mol. The zero-order valence-corrected chi connectivity index (χ0v) is 15.4. The summed E-state index contributed by atoms with van der Waals surface area (Å²) in [4.78, 5) is 37.8. The van der Waals surface area contributed by atoms with Crippen molar-refractivity contribution >= 4 is 29.6 Å². The molecule has 4 amide bonds. The van der Waals surface area contributed by atoms with E-state index in [1.165, 1.54) is 18.2 Å². The first-order valence-electron chi connectivity index (χ1n) is 8.75. The lowest BCUT2D eigenvalue weighted by Gasteiger charge is -2.26. The third-order valence-corrected chi connectivity index (χ3v) is 3.96. The number of imide groups is 2. The summed E-state index contributed by atoms with van der Waals surface area (Å²) in [7, 11) is 0. The number of urea groups is 1. The largest absolute Gasteiger partial charge is 0.493 e. The van der Waals surface area contributed by atoms with Gasteiger partial charge in [-0.3, -0.25) is 14.9 Å². The summed E-state index contributed by atoms with van der Waals surface area (Å²) in [6.45, 7) is 4.66. The average molecular weight is 382 g/mol. The van der Waals surface area contributed by atoms with Crippen LogP contribution in [0.1, 0.15) is 19.4 Å². The highest BCUT2D eigenvalue weighted by atomic mass is 19.1. The van der Waals surface area contributed by atoms with Gasteiger partial charge in [-0.15, -0.1) is 0 Å². The molecule has 1 aliphatic rings. The number of anilines is 1. The van der Waals surface area contributed by atoms with Gasteiger partial charge in [0.25, 0.3) is 11.8 Å². The zero-order valence-electron chi connectivity index (χ0n) is 15.4. The van der Waals surface area contributed by atoms with Crippen molar-refractivity contribution in [2.24, 2.45) is 5.92 Å². The van der Waals surface area contributed by atoms with Crippen molar-refractivity contribution in [1.82, 2.24) is 5.32 Å². The highest BCUT2D eigenvalue weighted by Crippen LogP contribution is 2.23. The Morgan fingerprint density at radius 2 is 1.68 bits per heavy atom. The molecule has 3 rings (SSSR count). The number of ether oxygens (including phenoxy) is 1. The predicted octanol–water partition coefficient (Wildman–Crippen LogP) is 3.53. The van der Waals surface area contributed by atoms with Crippen LogP contribution >= 0.6 is 0 Å².